The molecule has 0 fully saturated rings. The van der Waals surface area contributed by atoms with Crippen molar-refractivity contribution in [3.63, 3.8) is 0 Å². The van der Waals surface area contributed by atoms with E-state index in [4.69, 9.17) is 9.84 Å². The zero-order valence-electron chi connectivity index (χ0n) is 20.3. The molecule has 0 radical (unpaired) electrons. The highest BCUT2D eigenvalue weighted by Crippen LogP contribution is 2.44. The number of carbonyl (C=O) groups is 3. The van der Waals surface area contributed by atoms with Crippen molar-refractivity contribution in [2.24, 2.45) is 11.3 Å². The fourth-order valence-electron chi connectivity index (χ4n) is 4.39. The maximum absolute atomic E-state index is 12.9. The highest BCUT2D eigenvalue weighted by Gasteiger charge is 2.34. The smallest absolute Gasteiger partial charge is 0.407 e. The number of carboxylic acids is 1. The van der Waals surface area contributed by atoms with Gasteiger partial charge >= 0.3 is 12.1 Å². The molecule has 2 atom stereocenters. The first-order valence-electron chi connectivity index (χ1n) is 11.7. The molecule has 3 N–H and O–H groups in total. The number of amides is 2. The van der Waals surface area contributed by atoms with E-state index in [2.05, 4.69) is 22.8 Å². The van der Waals surface area contributed by atoms with Gasteiger partial charge in [0, 0.05) is 18.9 Å². The van der Waals surface area contributed by atoms with Crippen LogP contribution in [0, 0.1) is 11.3 Å². The summed E-state index contributed by atoms with van der Waals surface area (Å²) in [6.45, 7) is 7.85. The van der Waals surface area contributed by atoms with Gasteiger partial charge in [0.1, 0.15) is 12.6 Å². The van der Waals surface area contributed by atoms with Crippen LogP contribution in [0.1, 0.15) is 57.6 Å². The Morgan fingerprint density at radius 3 is 2.06 bits per heavy atom. The SMILES string of the molecule is CCC(CNC(=O)C(NC(=O)OCC1c2ccccc2-c2ccccc21)C(C)(C)C)CC(=O)O. The molecule has 2 aromatic rings. The van der Waals surface area contributed by atoms with Gasteiger partial charge in [0.2, 0.25) is 5.91 Å². The van der Waals surface area contributed by atoms with Crippen LogP contribution in [0.5, 0.6) is 0 Å². The van der Waals surface area contributed by atoms with Gasteiger partial charge in [-0.15, -0.1) is 0 Å². The normalized spacial score (nSPS) is 14.5. The second-order valence-corrected chi connectivity index (χ2v) is 9.89. The number of benzene rings is 2. The number of hydrogen-bond acceptors (Lipinski definition) is 4. The van der Waals surface area contributed by atoms with Crippen molar-refractivity contribution < 1.29 is 24.2 Å². The third kappa shape index (κ3) is 5.95. The van der Waals surface area contributed by atoms with E-state index < -0.39 is 23.5 Å². The summed E-state index contributed by atoms with van der Waals surface area (Å²) in [5.74, 6) is -1.49. The number of ether oxygens (including phenoxy) is 1. The molecule has 3 rings (SSSR count). The standard InChI is InChI=1S/C27H34N2O5/c1-5-17(14-23(30)31)15-28-25(32)24(27(2,3)4)29-26(33)34-16-22-20-12-8-6-10-18(20)19-11-7-9-13-21(19)22/h6-13,17,22,24H,5,14-16H2,1-4H3,(H,28,32)(H,29,33)(H,30,31). The minimum absolute atomic E-state index is 0.0171. The molecule has 1 aliphatic rings. The van der Waals surface area contributed by atoms with Crippen LogP contribution < -0.4 is 10.6 Å². The molecule has 7 heteroatoms. The van der Waals surface area contributed by atoms with E-state index in [0.29, 0.717) is 6.42 Å². The average molecular weight is 467 g/mol. The van der Waals surface area contributed by atoms with Gasteiger partial charge in [-0.25, -0.2) is 4.79 Å². The molecule has 2 unspecified atom stereocenters. The molecular weight excluding hydrogens is 432 g/mol. The molecule has 2 amide bonds. The quantitative estimate of drug-likeness (QED) is 0.503. The number of hydrogen-bond donors (Lipinski definition) is 3. The van der Waals surface area contributed by atoms with E-state index >= 15 is 0 Å². The van der Waals surface area contributed by atoms with Gasteiger partial charge < -0.3 is 20.5 Å². The van der Waals surface area contributed by atoms with Gasteiger partial charge in [0.05, 0.1) is 0 Å². The van der Waals surface area contributed by atoms with Crippen LogP contribution in [-0.4, -0.2) is 42.3 Å². The lowest BCUT2D eigenvalue weighted by atomic mass is 9.86. The van der Waals surface area contributed by atoms with E-state index in [1.54, 1.807) is 0 Å². The minimum Gasteiger partial charge on any atom is -0.481 e. The Bertz CT molecular complexity index is 998. The molecule has 2 aromatic carbocycles. The molecule has 0 bridgehead atoms. The van der Waals surface area contributed by atoms with Crippen LogP contribution in [0.4, 0.5) is 4.79 Å². The van der Waals surface area contributed by atoms with Gasteiger partial charge in [-0.2, -0.15) is 0 Å². The van der Waals surface area contributed by atoms with Crippen LogP contribution in [-0.2, 0) is 14.3 Å². The number of rotatable bonds is 9. The Morgan fingerprint density at radius 2 is 1.56 bits per heavy atom. The predicted molar refractivity (Wildman–Crippen MR) is 130 cm³/mol. The van der Waals surface area contributed by atoms with Crippen molar-refractivity contribution in [2.45, 2.75) is 52.5 Å². The molecule has 182 valence electrons. The van der Waals surface area contributed by atoms with Crippen LogP contribution >= 0.6 is 0 Å². The highest BCUT2D eigenvalue weighted by molar-refractivity contribution is 5.86. The number of alkyl carbamates (subject to hydrolysis) is 1. The van der Waals surface area contributed by atoms with Gasteiger partial charge in [-0.3, -0.25) is 9.59 Å². The van der Waals surface area contributed by atoms with Gasteiger partial charge in [0.15, 0.2) is 0 Å². The van der Waals surface area contributed by atoms with Gasteiger partial charge in [0.25, 0.3) is 0 Å². The molecule has 0 aliphatic heterocycles. The predicted octanol–water partition coefficient (Wildman–Crippen LogP) is 4.56. The van der Waals surface area contributed by atoms with E-state index in [1.165, 1.54) is 0 Å². The Morgan fingerprint density at radius 1 is 1.00 bits per heavy atom. The summed E-state index contributed by atoms with van der Waals surface area (Å²) >= 11 is 0. The number of aliphatic carboxylic acids is 1. The van der Waals surface area contributed by atoms with Crippen LogP contribution in [0.25, 0.3) is 11.1 Å². The van der Waals surface area contributed by atoms with Crippen molar-refractivity contribution >= 4 is 18.0 Å². The van der Waals surface area contributed by atoms with E-state index in [-0.39, 0.29) is 37.3 Å². The summed E-state index contributed by atoms with van der Waals surface area (Å²) in [6, 6.07) is 15.4. The second kappa shape index (κ2) is 10.7. The van der Waals surface area contributed by atoms with Crippen molar-refractivity contribution in [2.75, 3.05) is 13.2 Å². The first-order valence-corrected chi connectivity index (χ1v) is 11.7. The summed E-state index contributed by atoms with van der Waals surface area (Å²) in [5, 5.41) is 14.5. The van der Waals surface area contributed by atoms with Crippen molar-refractivity contribution in [3.8, 4) is 11.1 Å². The average Bonchev–Trinajstić information content (AvgIpc) is 3.11. The van der Waals surface area contributed by atoms with Gasteiger partial charge in [-0.1, -0.05) is 82.6 Å². The number of carbonyl (C=O) groups excluding carboxylic acids is 2. The largest absolute Gasteiger partial charge is 0.481 e. The van der Waals surface area contributed by atoms with Crippen molar-refractivity contribution in [1.82, 2.24) is 10.6 Å². The van der Waals surface area contributed by atoms with Gasteiger partial charge in [-0.05, 0) is 33.6 Å². The third-order valence-electron chi connectivity index (χ3n) is 6.34. The molecule has 0 spiro atoms. The molecule has 34 heavy (non-hydrogen) atoms. The molecule has 7 nitrogen and oxygen atoms in total. The fraction of sp³-hybridized carbons (Fsp3) is 0.444. The summed E-state index contributed by atoms with van der Waals surface area (Å²) < 4.78 is 5.61. The van der Waals surface area contributed by atoms with Crippen LogP contribution in [0.15, 0.2) is 48.5 Å². The Labute approximate surface area is 200 Å². The first kappa shape index (κ1) is 25.3. The first-order chi connectivity index (χ1) is 16.1. The van der Waals surface area contributed by atoms with Crippen LogP contribution in [0.3, 0.4) is 0 Å². The Hall–Kier alpha value is -3.35. The maximum atomic E-state index is 12.9. The number of carboxylic acid groups (broad SMARTS) is 1. The molecule has 0 saturated carbocycles. The number of nitrogens with one attached hydrogen (secondary N) is 2. The van der Waals surface area contributed by atoms with E-state index in [9.17, 15) is 14.4 Å². The van der Waals surface area contributed by atoms with E-state index in [0.717, 1.165) is 22.3 Å². The van der Waals surface area contributed by atoms with Crippen molar-refractivity contribution in [3.05, 3.63) is 59.7 Å². The fourth-order valence-corrected chi connectivity index (χ4v) is 4.39. The zero-order chi connectivity index (χ0) is 24.9. The molecule has 0 aromatic heterocycles. The zero-order valence-corrected chi connectivity index (χ0v) is 20.3. The summed E-state index contributed by atoms with van der Waals surface area (Å²) in [6.07, 6.45) is -0.0434. The second-order valence-electron chi connectivity index (χ2n) is 9.89. The lowest BCUT2D eigenvalue weighted by Crippen LogP contribution is -2.54. The molecule has 0 heterocycles. The highest BCUT2D eigenvalue weighted by atomic mass is 16.5. The lowest BCUT2D eigenvalue weighted by Gasteiger charge is -2.30. The lowest BCUT2D eigenvalue weighted by molar-refractivity contribution is -0.138. The van der Waals surface area contributed by atoms with Crippen LogP contribution in [0.2, 0.25) is 0 Å². The van der Waals surface area contributed by atoms with E-state index in [1.807, 2.05) is 64.1 Å². The Balaban J connectivity index is 1.64. The summed E-state index contributed by atoms with van der Waals surface area (Å²) in [4.78, 5) is 36.6. The van der Waals surface area contributed by atoms with Crippen molar-refractivity contribution in [1.29, 1.82) is 0 Å². The third-order valence-corrected chi connectivity index (χ3v) is 6.34. The summed E-state index contributed by atoms with van der Waals surface area (Å²) in [5.41, 5.74) is 3.96. The monoisotopic (exact) mass is 466 g/mol. The minimum atomic E-state index is -0.898. The Kier molecular flexibility index (Phi) is 7.97. The topological polar surface area (TPSA) is 105 Å². The summed E-state index contributed by atoms with van der Waals surface area (Å²) in [7, 11) is 0. The maximum Gasteiger partial charge on any atom is 0.407 e. The number of fused-ring (bicyclic) bond motifs is 3. The molecule has 1 aliphatic carbocycles. The molecular formula is C27H34N2O5. The molecule has 0 saturated heterocycles.